The number of halogens is 1. The maximum Gasteiger partial charge on any atom is 0.146 e. The van der Waals surface area contributed by atoms with Crippen LogP contribution in [0.4, 0.5) is 10.1 Å². The van der Waals surface area contributed by atoms with Crippen LogP contribution in [0.5, 0.6) is 0 Å². The highest BCUT2D eigenvalue weighted by molar-refractivity contribution is 5.49. The van der Waals surface area contributed by atoms with E-state index in [9.17, 15) is 4.39 Å². The molecule has 1 rings (SSSR count). The summed E-state index contributed by atoms with van der Waals surface area (Å²) in [6.45, 7) is 4.91. The first kappa shape index (κ1) is 10.0. The summed E-state index contributed by atoms with van der Waals surface area (Å²) < 4.78 is 13.3. The van der Waals surface area contributed by atoms with Crippen LogP contribution in [0.2, 0.25) is 0 Å². The summed E-state index contributed by atoms with van der Waals surface area (Å²) in [7, 11) is 1.90. The van der Waals surface area contributed by atoms with E-state index in [1.807, 2.05) is 31.0 Å². The Bertz CT molecular complexity index is 283. The van der Waals surface area contributed by atoms with Gasteiger partial charge in [0.15, 0.2) is 0 Å². The summed E-state index contributed by atoms with van der Waals surface area (Å²) in [6.07, 6.45) is 0.949. The minimum Gasteiger partial charge on any atom is -0.373 e. The van der Waals surface area contributed by atoms with Gasteiger partial charge in [0, 0.05) is 13.6 Å². The Morgan fingerprint density at radius 1 is 1.31 bits per heavy atom. The maximum atomic E-state index is 13.3. The molecule has 0 bridgehead atoms. The molecule has 0 atom stereocenters. The van der Waals surface area contributed by atoms with Gasteiger partial charge < -0.3 is 4.90 Å². The lowest BCUT2D eigenvalue weighted by Crippen LogP contribution is -2.17. The van der Waals surface area contributed by atoms with Crippen LogP contribution in [0.3, 0.4) is 0 Å². The molecular weight excluding hydrogens is 165 g/mol. The standard InChI is InChI=1S/C11H16FN/c1-4-9-6-7-10(12)11(8-9)13(3)5-2/h6-8H,4-5H2,1-3H3. The van der Waals surface area contributed by atoms with E-state index in [4.69, 9.17) is 0 Å². The molecule has 1 nitrogen and oxygen atoms in total. The molecule has 0 amide bonds. The molecule has 2 heteroatoms. The van der Waals surface area contributed by atoms with Gasteiger partial charge in [0.05, 0.1) is 5.69 Å². The quantitative estimate of drug-likeness (QED) is 0.693. The first-order valence-electron chi connectivity index (χ1n) is 4.68. The summed E-state index contributed by atoms with van der Waals surface area (Å²) in [5.74, 6) is -0.137. The third kappa shape index (κ3) is 2.20. The fraction of sp³-hybridized carbons (Fsp3) is 0.455. The van der Waals surface area contributed by atoms with Crippen molar-refractivity contribution < 1.29 is 4.39 Å². The van der Waals surface area contributed by atoms with E-state index < -0.39 is 0 Å². The predicted octanol–water partition coefficient (Wildman–Crippen LogP) is 2.84. The number of rotatable bonds is 3. The Morgan fingerprint density at radius 2 is 2.00 bits per heavy atom. The highest BCUT2D eigenvalue weighted by Crippen LogP contribution is 2.19. The van der Waals surface area contributed by atoms with E-state index in [1.165, 1.54) is 5.56 Å². The monoisotopic (exact) mass is 181 g/mol. The molecule has 0 aliphatic rings. The van der Waals surface area contributed by atoms with E-state index in [0.29, 0.717) is 5.69 Å². The van der Waals surface area contributed by atoms with Crippen LogP contribution in [-0.2, 0) is 6.42 Å². The zero-order valence-electron chi connectivity index (χ0n) is 8.47. The molecule has 0 aromatic heterocycles. The van der Waals surface area contributed by atoms with Crippen LogP contribution in [0.15, 0.2) is 18.2 Å². The van der Waals surface area contributed by atoms with Crippen molar-refractivity contribution in [2.45, 2.75) is 20.3 Å². The number of hydrogen-bond acceptors (Lipinski definition) is 1. The topological polar surface area (TPSA) is 3.24 Å². The summed E-state index contributed by atoms with van der Waals surface area (Å²) in [5.41, 5.74) is 1.87. The summed E-state index contributed by atoms with van der Waals surface area (Å²) in [4.78, 5) is 1.91. The number of anilines is 1. The molecule has 0 saturated heterocycles. The molecule has 0 heterocycles. The lowest BCUT2D eigenvalue weighted by atomic mass is 10.1. The van der Waals surface area contributed by atoms with Crippen molar-refractivity contribution in [2.24, 2.45) is 0 Å². The van der Waals surface area contributed by atoms with Crippen molar-refractivity contribution in [3.05, 3.63) is 29.6 Å². The molecule has 1 aromatic carbocycles. The summed E-state index contributed by atoms with van der Waals surface area (Å²) >= 11 is 0. The SMILES string of the molecule is CCc1ccc(F)c(N(C)CC)c1. The Kier molecular flexibility index (Phi) is 3.29. The lowest BCUT2D eigenvalue weighted by molar-refractivity contribution is 0.623. The molecule has 0 unspecified atom stereocenters. The second kappa shape index (κ2) is 4.26. The van der Waals surface area contributed by atoms with Gasteiger partial charge in [0.1, 0.15) is 5.82 Å². The Labute approximate surface area is 79.2 Å². The minimum absolute atomic E-state index is 0.137. The van der Waals surface area contributed by atoms with Gasteiger partial charge in [-0.2, -0.15) is 0 Å². The molecule has 72 valence electrons. The van der Waals surface area contributed by atoms with Gasteiger partial charge in [0.25, 0.3) is 0 Å². The molecular formula is C11H16FN. The molecule has 0 spiro atoms. The summed E-state index contributed by atoms with van der Waals surface area (Å²) in [6, 6.07) is 5.29. The highest BCUT2D eigenvalue weighted by Gasteiger charge is 2.05. The summed E-state index contributed by atoms with van der Waals surface area (Å²) in [5, 5.41) is 0. The van der Waals surface area contributed by atoms with Gasteiger partial charge in [0.2, 0.25) is 0 Å². The van der Waals surface area contributed by atoms with Crippen LogP contribution >= 0.6 is 0 Å². The van der Waals surface area contributed by atoms with E-state index >= 15 is 0 Å². The average molecular weight is 181 g/mol. The van der Waals surface area contributed by atoms with E-state index in [1.54, 1.807) is 6.07 Å². The lowest BCUT2D eigenvalue weighted by Gasteiger charge is -2.18. The Balaban J connectivity index is 3.03. The molecule has 0 N–H and O–H groups in total. The highest BCUT2D eigenvalue weighted by atomic mass is 19.1. The molecule has 0 aliphatic carbocycles. The molecule has 0 saturated carbocycles. The van der Waals surface area contributed by atoms with Gasteiger partial charge in [-0.05, 0) is 31.0 Å². The predicted molar refractivity (Wildman–Crippen MR) is 54.7 cm³/mol. The van der Waals surface area contributed by atoms with E-state index in [2.05, 4.69) is 6.92 Å². The minimum atomic E-state index is -0.137. The number of nitrogens with zero attached hydrogens (tertiary/aromatic N) is 1. The van der Waals surface area contributed by atoms with Crippen molar-refractivity contribution in [1.82, 2.24) is 0 Å². The van der Waals surface area contributed by atoms with Crippen LogP contribution in [-0.4, -0.2) is 13.6 Å². The van der Waals surface area contributed by atoms with Gasteiger partial charge >= 0.3 is 0 Å². The zero-order valence-corrected chi connectivity index (χ0v) is 8.47. The second-order valence-corrected chi connectivity index (χ2v) is 3.15. The van der Waals surface area contributed by atoms with E-state index in [0.717, 1.165) is 13.0 Å². The van der Waals surface area contributed by atoms with Crippen molar-refractivity contribution in [3.8, 4) is 0 Å². The maximum absolute atomic E-state index is 13.3. The van der Waals surface area contributed by atoms with Crippen LogP contribution in [0, 0.1) is 5.82 Å². The van der Waals surface area contributed by atoms with Gasteiger partial charge in [-0.1, -0.05) is 13.0 Å². The van der Waals surface area contributed by atoms with Crippen LogP contribution in [0.1, 0.15) is 19.4 Å². The van der Waals surface area contributed by atoms with Gasteiger partial charge in [-0.3, -0.25) is 0 Å². The third-order valence-corrected chi connectivity index (χ3v) is 2.30. The first-order chi connectivity index (χ1) is 6.19. The van der Waals surface area contributed by atoms with Crippen LogP contribution < -0.4 is 4.90 Å². The van der Waals surface area contributed by atoms with Crippen molar-refractivity contribution >= 4 is 5.69 Å². The molecule has 0 radical (unpaired) electrons. The zero-order chi connectivity index (χ0) is 9.84. The fourth-order valence-corrected chi connectivity index (χ4v) is 1.24. The Hall–Kier alpha value is -1.05. The van der Waals surface area contributed by atoms with Gasteiger partial charge in [-0.25, -0.2) is 4.39 Å². The van der Waals surface area contributed by atoms with Crippen molar-refractivity contribution in [3.63, 3.8) is 0 Å². The molecule has 0 aliphatic heterocycles. The molecule has 13 heavy (non-hydrogen) atoms. The largest absolute Gasteiger partial charge is 0.373 e. The molecule has 0 fully saturated rings. The Morgan fingerprint density at radius 3 is 2.54 bits per heavy atom. The van der Waals surface area contributed by atoms with Gasteiger partial charge in [-0.15, -0.1) is 0 Å². The van der Waals surface area contributed by atoms with Crippen molar-refractivity contribution in [1.29, 1.82) is 0 Å². The fourth-order valence-electron chi connectivity index (χ4n) is 1.24. The first-order valence-corrected chi connectivity index (χ1v) is 4.68. The normalized spacial score (nSPS) is 10.2. The number of benzene rings is 1. The van der Waals surface area contributed by atoms with Crippen molar-refractivity contribution in [2.75, 3.05) is 18.5 Å². The van der Waals surface area contributed by atoms with Crippen LogP contribution in [0.25, 0.3) is 0 Å². The number of hydrogen-bond donors (Lipinski definition) is 0. The third-order valence-electron chi connectivity index (χ3n) is 2.30. The van der Waals surface area contributed by atoms with E-state index in [-0.39, 0.29) is 5.82 Å². The smallest absolute Gasteiger partial charge is 0.146 e. The second-order valence-electron chi connectivity index (χ2n) is 3.15. The average Bonchev–Trinajstić information content (AvgIpc) is 2.17. The number of aryl methyl sites for hydroxylation is 1. The molecule has 1 aromatic rings.